The van der Waals surface area contributed by atoms with Crippen molar-refractivity contribution in [1.29, 1.82) is 0 Å². The van der Waals surface area contributed by atoms with Gasteiger partial charge in [0.1, 0.15) is 0 Å². The van der Waals surface area contributed by atoms with E-state index in [2.05, 4.69) is 20.3 Å². The number of nitrogens with zero attached hydrogens (tertiary/aromatic N) is 5. The Morgan fingerprint density at radius 3 is 2.62 bits per heavy atom. The first kappa shape index (κ1) is 17.8. The van der Waals surface area contributed by atoms with Gasteiger partial charge in [0.15, 0.2) is 5.01 Å². The molecule has 3 rings (SSSR count). The van der Waals surface area contributed by atoms with Gasteiger partial charge in [0.25, 0.3) is 5.89 Å². The van der Waals surface area contributed by atoms with Gasteiger partial charge in [-0.3, -0.25) is 4.79 Å². The van der Waals surface area contributed by atoms with E-state index < -0.39 is 12.3 Å². The molecule has 0 radical (unpaired) electrons. The molecule has 0 fully saturated rings. The van der Waals surface area contributed by atoms with Crippen molar-refractivity contribution in [1.82, 2.24) is 20.2 Å². The second-order valence-electron chi connectivity index (χ2n) is 5.24. The maximum absolute atomic E-state index is 12.5. The zero-order valence-corrected chi connectivity index (χ0v) is 14.6. The van der Waals surface area contributed by atoms with E-state index in [1.54, 1.807) is 29.6 Å². The lowest BCUT2D eigenvalue weighted by molar-refractivity contribution is 0.0799. The van der Waals surface area contributed by atoms with Crippen LogP contribution in [0.25, 0.3) is 11.5 Å². The SMILES string of the molecule is Cc1csc(C(=O)N(C)/N=C/c2ccc(-c3nnc(C(F)F)o3)cc2)n1. The van der Waals surface area contributed by atoms with Crippen LogP contribution in [0.5, 0.6) is 0 Å². The molecule has 2 heterocycles. The molecule has 0 saturated heterocycles. The van der Waals surface area contributed by atoms with Gasteiger partial charge in [-0.05, 0) is 24.6 Å². The Morgan fingerprint density at radius 2 is 2.04 bits per heavy atom. The van der Waals surface area contributed by atoms with Crippen molar-refractivity contribution < 1.29 is 18.0 Å². The predicted octanol–water partition coefficient (Wildman–Crippen LogP) is 3.55. The Hall–Kier alpha value is -3.01. The molecule has 0 bridgehead atoms. The van der Waals surface area contributed by atoms with Gasteiger partial charge < -0.3 is 4.42 Å². The summed E-state index contributed by atoms with van der Waals surface area (Å²) >= 11 is 1.26. The zero-order chi connectivity index (χ0) is 18.7. The van der Waals surface area contributed by atoms with Crippen LogP contribution in [0.1, 0.15) is 33.4 Å². The maximum Gasteiger partial charge on any atom is 0.314 e. The van der Waals surface area contributed by atoms with Gasteiger partial charge in [-0.15, -0.1) is 21.5 Å². The molecule has 0 N–H and O–H groups in total. The summed E-state index contributed by atoms with van der Waals surface area (Å²) in [6.45, 7) is 1.81. The highest BCUT2D eigenvalue weighted by Gasteiger charge is 2.17. The Bertz CT molecular complexity index is 936. The lowest BCUT2D eigenvalue weighted by atomic mass is 10.1. The number of aromatic nitrogens is 3. The zero-order valence-electron chi connectivity index (χ0n) is 13.8. The van der Waals surface area contributed by atoms with Crippen molar-refractivity contribution in [3.63, 3.8) is 0 Å². The average Bonchev–Trinajstić information content (AvgIpc) is 3.29. The number of aryl methyl sites for hydroxylation is 1. The Morgan fingerprint density at radius 1 is 1.31 bits per heavy atom. The first-order chi connectivity index (χ1) is 12.4. The van der Waals surface area contributed by atoms with Crippen LogP contribution in [0.3, 0.4) is 0 Å². The molecule has 0 atom stereocenters. The van der Waals surface area contributed by atoms with Crippen LogP contribution in [0.15, 0.2) is 39.2 Å². The van der Waals surface area contributed by atoms with Gasteiger partial charge in [0.05, 0.1) is 6.21 Å². The Kier molecular flexibility index (Phi) is 5.12. The number of hydrogen-bond acceptors (Lipinski definition) is 7. The number of hydrogen-bond donors (Lipinski definition) is 0. The summed E-state index contributed by atoms with van der Waals surface area (Å²) < 4.78 is 29.8. The van der Waals surface area contributed by atoms with E-state index in [4.69, 9.17) is 4.42 Å². The third-order valence-electron chi connectivity index (χ3n) is 3.26. The normalized spacial score (nSPS) is 11.4. The molecule has 7 nitrogen and oxygen atoms in total. The Labute approximate surface area is 151 Å². The number of hydrazone groups is 1. The molecule has 10 heteroatoms. The molecule has 26 heavy (non-hydrogen) atoms. The first-order valence-electron chi connectivity index (χ1n) is 7.40. The molecule has 0 aliphatic carbocycles. The third-order valence-corrected chi connectivity index (χ3v) is 4.21. The summed E-state index contributed by atoms with van der Waals surface area (Å²) in [7, 11) is 1.54. The van der Waals surface area contributed by atoms with Gasteiger partial charge in [0.2, 0.25) is 5.89 Å². The summed E-state index contributed by atoms with van der Waals surface area (Å²) in [5, 5.41) is 14.3. The van der Waals surface area contributed by atoms with Crippen molar-refractivity contribution in [3.05, 3.63) is 51.8 Å². The molecule has 134 valence electrons. The van der Waals surface area contributed by atoms with E-state index in [1.165, 1.54) is 29.6 Å². The van der Waals surface area contributed by atoms with Gasteiger partial charge in [0, 0.05) is 23.7 Å². The van der Waals surface area contributed by atoms with Crippen molar-refractivity contribution in [2.24, 2.45) is 5.10 Å². The summed E-state index contributed by atoms with van der Waals surface area (Å²) in [5.41, 5.74) is 1.99. The number of carbonyl (C=O) groups excluding carboxylic acids is 1. The molecular weight excluding hydrogens is 364 g/mol. The monoisotopic (exact) mass is 377 g/mol. The minimum absolute atomic E-state index is 0.00947. The van der Waals surface area contributed by atoms with E-state index in [0.29, 0.717) is 16.1 Å². The smallest absolute Gasteiger partial charge is 0.314 e. The number of carbonyl (C=O) groups is 1. The minimum atomic E-state index is -2.81. The number of thiazole rings is 1. The average molecular weight is 377 g/mol. The second kappa shape index (κ2) is 7.48. The van der Waals surface area contributed by atoms with Crippen molar-refractivity contribution in [3.8, 4) is 11.5 Å². The van der Waals surface area contributed by atoms with Crippen LogP contribution in [0.4, 0.5) is 8.78 Å². The second-order valence-corrected chi connectivity index (χ2v) is 6.09. The highest BCUT2D eigenvalue weighted by Crippen LogP contribution is 2.23. The Balaban J connectivity index is 1.68. The highest BCUT2D eigenvalue weighted by molar-refractivity contribution is 7.11. The summed E-state index contributed by atoms with van der Waals surface area (Å²) in [4.78, 5) is 16.3. The largest absolute Gasteiger partial charge is 0.415 e. The molecule has 0 aliphatic heterocycles. The number of halogens is 2. The van der Waals surface area contributed by atoms with Gasteiger partial charge in [-0.25, -0.2) is 9.99 Å². The molecular formula is C16H13F2N5O2S. The van der Waals surface area contributed by atoms with Crippen LogP contribution in [0.2, 0.25) is 0 Å². The topological polar surface area (TPSA) is 84.5 Å². The van der Waals surface area contributed by atoms with Crippen molar-refractivity contribution in [2.75, 3.05) is 7.05 Å². The van der Waals surface area contributed by atoms with Gasteiger partial charge in [-0.1, -0.05) is 12.1 Å². The summed E-state index contributed by atoms with van der Waals surface area (Å²) in [6.07, 6.45) is -1.31. The fourth-order valence-electron chi connectivity index (χ4n) is 1.95. The fraction of sp³-hybridized carbons (Fsp3) is 0.188. The molecule has 0 aliphatic rings. The fourth-order valence-corrected chi connectivity index (χ4v) is 2.71. The predicted molar refractivity (Wildman–Crippen MR) is 91.2 cm³/mol. The van der Waals surface area contributed by atoms with E-state index in [1.807, 2.05) is 6.92 Å². The van der Waals surface area contributed by atoms with Crippen molar-refractivity contribution in [2.45, 2.75) is 13.3 Å². The highest BCUT2D eigenvalue weighted by atomic mass is 32.1. The third kappa shape index (κ3) is 3.97. The molecule has 3 aromatic rings. The van der Waals surface area contributed by atoms with Crippen LogP contribution in [0, 0.1) is 6.92 Å². The first-order valence-corrected chi connectivity index (χ1v) is 8.28. The number of alkyl halides is 2. The van der Waals surface area contributed by atoms with Crippen LogP contribution >= 0.6 is 11.3 Å². The molecule has 1 amide bonds. The van der Waals surface area contributed by atoms with E-state index in [9.17, 15) is 13.6 Å². The standard InChI is InChI=1S/C16H13F2N5O2S/c1-9-8-26-15(20-9)16(24)23(2)19-7-10-3-5-11(6-4-10)13-21-22-14(25-13)12(17)18/h3-8,12H,1-2H3/b19-7+. The van der Waals surface area contributed by atoms with Crippen LogP contribution < -0.4 is 0 Å². The molecule has 2 aromatic heterocycles. The number of amides is 1. The van der Waals surface area contributed by atoms with Crippen LogP contribution in [-0.4, -0.2) is 39.4 Å². The summed E-state index contributed by atoms with van der Waals surface area (Å²) in [6, 6.07) is 6.65. The van der Waals surface area contributed by atoms with E-state index >= 15 is 0 Å². The van der Waals surface area contributed by atoms with Gasteiger partial charge in [-0.2, -0.15) is 13.9 Å². The molecule has 0 unspecified atom stereocenters. The lowest BCUT2D eigenvalue weighted by Crippen LogP contribution is -2.21. The van der Waals surface area contributed by atoms with E-state index in [-0.39, 0.29) is 11.8 Å². The van der Waals surface area contributed by atoms with Crippen molar-refractivity contribution >= 4 is 23.5 Å². The molecule has 0 saturated carbocycles. The number of benzene rings is 1. The van der Waals surface area contributed by atoms with Gasteiger partial charge >= 0.3 is 12.3 Å². The van der Waals surface area contributed by atoms with Crippen LogP contribution in [-0.2, 0) is 0 Å². The minimum Gasteiger partial charge on any atom is -0.415 e. The molecule has 0 spiro atoms. The molecule has 1 aromatic carbocycles. The summed E-state index contributed by atoms with van der Waals surface area (Å²) in [5.74, 6) is -1.01. The number of rotatable bonds is 5. The van der Waals surface area contributed by atoms with E-state index in [0.717, 1.165) is 5.69 Å². The lowest BCUT2D eigenvalue weighted by Gasteiger charge is -2.08. The maximum atomic E-state index is 12.5. The quantitative estimate of drug-likeness (QED) is 0.501.